The zero-order chi connectivity index (χ0) is 21.4. The van der Waals surface area contributed by atoms with Crippen LogP contribution in [-0.4, -0.2) is 21.0 Å². The van der Waals surface area contributed by atoms with Crippen molar-refractivity contribution in [2.24, 2.45) is 0 Å². The van der Waals surface area contributed by atoms with Gasteiger partial charge in [-0.3, -0.25) is 10.1 Å². The summed E-state index contributed by atoms with van der Waals surface area (Å²) in [5.74, 6) is -0.103. The highest BCUT2D eigenvalue weighted by Crippen LogP contribution is 2.37. The molecular formula is C22H15ClN2O5. The molecule has 2 N–H and O–H groups in total. The molecule has 0 aliphatic carbocycles. The molecule has 3 aromatic carbocycles. The largest absolute Gasteiger partial charge is 0.477 e. The predicted molar refractivity (Wildman–Crippen MR) is 114 cm³/mol. The summed E-state index contributed by atoms with van der Waals surface area (Å²) in [6.07, 6.45) is 0. The van der Waals surface area contributed by atoms with Crippen molar-refractivity contribution in [1.29, 1.82) is 0 Å². The Balaban J connectivity index is 1.87. The summed E-state index contributed by atoms with van der Waals surface area (Å²) in [5, 5.41) is 22.2. The number of ether oxygens (including phenoxy) is 1. The van der Waals surface area contributed by atoms with Crippen LogP contribution in [0.15, 0.2) is 60.7 Å². The second-order valence-corrected chi connectivity index (χ2v) is 7.14. The molecule has 8 heteroatoms. The van der Waals surface area contributed by atoms with Gasteiger partial charge in [-0.25, -0.2) is 4.79 Å². The molecule has 1 heterocycles. The van der Waals surface area contributed by atoms with E-state index in [-0.39, 0.29) is 11.4 Å². The first-order valence-electron chi connectivity index (χ1n) is 8.91. The van der Waals surface area contributed by atoms with E-state index in [1.165, 1.54) is 6.07 Å². The SMILES string of the molecule is Cc1ccc(-c2c(C(=O)O)[nH]c3ccc(Oc4ccc(Cl)cc4)cc23)cc1[N+](=O)[O-]. The monoisotopic (exact) mass is 422 g/mol. The fourth-order valence-corrected chi connectivity index (χ4v) is 3.42. The predicted octanol–water partition coefficient (Wildman–Crippen LogP) is 6.20. The number of nitrogens with zero attached hydrogens (tertiary/aromatic N) is 1. The van der Waals surface area contributed by atoms with Crippen LogP contribution in [0.2, 0.25) is 5.02 Å². The first-order valence-corrected chi connectivity index (χ1v) is 9.29. The van der Waals surface area contributed by atoms with Crippen LogP contribution in [0.25, 0.3) is 22.0 Å². The van der Waals surface area contributed by atoms with Crippen LogP contribution in [-0.2, 0) is 0 Å². The van der Waals surface area contributed by atoms with Crippen molar-refractivity contribution in [2.75, 3.05) is 0 Å². The van der Waals surface area contributed by atoms with Crippen molar-refractivity contribution < 1.29 is 19.6 Å². The second kappa shape index (κ2) is 7.53. The number of nitro groups is 1. The molecule has 0 unspecified atom stereocenters. The van der Waals surface area contributed by atoms with Gasteiger partial charge >= 0.3 is 5.97 Å². The van der Waals surface area contributed by atoms with Gasteiger partial charge < -0.3 is 14.8 Å². The van der Waals surface area contributed by atoms with Gasteiger partial charge in [0, 0.05) is 33.1 Å². The van der Waals surface area contributed by atoms with Crippen LogP contribution in [0.5, 0.6) is 11.5 Å². The number of carboxylic acid groups (broad SMARTS) is 1. The highest BCUT2D eigenvalue weighted by atomic mass is 35.5. The van der Waals surface area contributed by atoms with Crippen LogP contribution in [0, 0.1) is 17.0 Å². The topological polar surface area (TPSA) is 105 Å². The molecule has 0 amide bonds. The second-order valence-electron chi connectivity index (χ2n) is 6.70. The van der Waals surface area contributed by atoms with E-state index in [9.17, 15) is 20.0 Å². The lowest BCUT2D eigenvalue weighted by molar-refractivity contribution is -0.385. The average molecular weight is 423 g/mol. The molecular weight excluding hydrogens is 408 g/mol. The van der Waals surface area contributed by atoms with Crippen LogP contribution in [0.3, 0.4) is 0 Å². The summed E-state index contributed by atoms with van der Waals surface area (Å²) < 4.78 is 5.85. The number of aromatic nitrogens is 1. The van der Waals surface area contributed by atoms with E-state index in [0.29, 0.717) is 44.1 Å². The first kappa shape index (κ1) is 19.5. The fraction of sp³-hybridized carbons (Fsp3) is 0.0455. The Bertz CT molecular complexity index is 1300. The molecule has 30 heavy (non-hydrogen) atoms. The maximum Gasteiger partial charge on any atom is 0.352 e. The van der Waals surface area contributed by atoms with Crippen LogP contribution in [0.4, 0.5) is 5.69 Å². The lowest BCUT2D eigenvalue weighted by atomic mass is 9.99. The molecule has 0 spiro atoms. The summed E-state index contributed by atoms with van der Waals surface area (Å²) in [5.41, 5.74) is 1.74. The zero-order valence-electron chi connectivity index (χ0n) is 15.7. The summed E-state index contributed by atoms with van der Waals surface area (Å²) in [6.45, 7) is 1.63. The van der Waals surface area contributed by atoms with Crippen LogP contribution < -0.4 is 4.74 Å². The van der Waals surface area contributed by atoms with E-state index in [1.54, 1.807) is 61.5 Å². The van der Waals surface area contributed by atoms with Crippen LogP contribution in [0.1, 0.15) is 16.1 Å². The van der Waals surface area contributed by atoms with Crippen molar-refractivity contribution >= 4 is 34.2 Å². The van der Waals surface area contributed by atoms with Crippen molar-refractivity contribution in [2.45, 2.75) is 6.92 Å². The Hall–Kier alpha value is -3.84. The molecule has 4 rings (SSSR count). The number of carboxylic acids is 1. The fourth-order valence-electron chi connectivity index (χ4n) is 3.30. The number of hydrogen-bond donors (Lipinski definition) is 2. The number of nitro benzene ring substituents is 1. The normalized spacial score (nSPS) is 10.9. The third kappa shape index (κ3) is 3.58. The van der Waals surface area contributed by atoms with Crippen molar-refractivity contribution in [1.82, 2.24) is 4.98 Å². The Morgan fingerprint density at radius 2 is 1.77 bits per heavy atom. The Morgan fingerprint density at radius 1 is 1.07 bits per heavy atom. The highest BCUT2D eigenvalue weighted by molar-refractivity contribution is 6.30. The summed E-state index contributed by atoms with van der Waals surface area (Å²) in [6, 6.07) is 16.6. The minimum atomic E-state index is -1.16. The molecule has 150 valence electrons. The molecule has 0 aliphatic rings. The summed E-state index contributed by atoms with van der Waals surface area (Å²) >= 11 is 5.90. The lowest BCUT2D eigenvalue weighted by Gasteiger charge is -2.07. The number of fused-ring (bicyclic) bond motifs is 1. The van der Waals surface area contributed by atoms with Gasteiger partial charge in [0.15, 0.2) is 0 Å². The van der Waals surface area contributed by atoms with Gasteiger partial charge in [0.05, 0.1) is 4.92 Å². The van der Waals surface area contributed by atoms with Crippen LogP contribution >= 0.6 is 11.6 Å². The number of carbonyl (C=O) groups is 1. The van der Waals surface area contributed by atoms with Crippen molar-refractivity contribution in [3.63, 3.8) is 0 Å². The van der Waals surface area contributed by atoms with Gasteiger partial charge in [-0.05, 0) is 55.0 Å². The molecule has 0 fully saturated rings. The number of aromatic amines is 1. The first-order chi connectivity index (χ1) is 14.3. The number of nitrogens with one attached hydrogen (secondary N) is 1. The average Bonchev–Trinajstić information content (AvgIpc) is 3.09. The maximum atomic E-state index is 11.8. The molecule has 0 aliphatic heterocycles. The number of rotatable bonds is 5. The Labute approximate surface area is 175 Å². The van der Waals surface area contributed by atoms with E-state index < -0.39 is 10.9 Å². The third-order valence-electron chi connectivity index (χ3n) is 4.73. The molecule has 4 aromatic rings. The van der Waals surface area contributed by atoms with Gasteiger partial charge in [0.1, 0.15) is 17.2 Å². The smallest absolute Gasteiger partial charge is 0.352 e. The molecule has 0 radical (unpaired) electrons. The maximum absolute atomic E-state index is 11.8. The third-order valence-corrected chi connectivity index (χ3v) is 4.98. The van der Waals surface area contributed by atoms with Gasteiger partial charge in [0.25, 0.3) is 5.69 Å². The molecule has 1 aromatic heterocycles. The summed E-state index contributed by atoms with van der Waals surface area (Å²) in [7, 11) is 0. The number of aryl methyl sites for hydroxylation is 1. The quantitative estimate of drug-likeness (QED) is 0.294. The van der Waals surface area contributed by atoms with E-state index in [0.717, 1.165) is 0 Å². The van der Waals surface area contributed by atoms with E-state index in [4.69, 9.17) is 16.3 Å². The Kier molecular flexibility index (Phi) is 4.89. The molecule has 0 bridgehead atoms. The minimum Gasteiger partial charge on any atom is -0.477 e. The number of hydrogen-bond acceptors (Lipinski definition) is 4. The van der Waals surface area contributed by atoms with E-state index in [2.05, 4.69) is 4.98 Å². The number of halogens is 1. The van der Waals surface area contributed by atoms with Gasteiger partial charge in [-0.1, -0.05) is 23.7 Å². The number of H-pyrrole nitrogens is 1. The van der Waals surface area contributed by atoms with Crippen molar-refractivity contribution in [3.05, 3.63) is 87.1 Å². The van der Waals surface area contributed by atoms with Gasteiger partial charge in [0.2, 0.25) is 0 Å². The molecule has 0 saturated heterocycles. The standard InChI is InChI=1S/C22H15ClN2O5/c1-12-2-3-13(10-19(12)25(28)29)20-17-11-16(30-15-6-4-14(23)5-7-15)8-9-18(17)24-21(20)22(26)27/h2-11,24H,1H3,(H,26,27). The van der Waals surface area contributed by atoms with E-state index in [1.807, 2.05) is 0 Å². The highest BCUT2D eigenvalue weighted by Gasteiger charge is 2.22. The lowest BCUT2D eigenvalue weighted by Crippen LogP contribution is -1.99. The van der Waals surface area contributed by atoms with E-state index >= 15 is 0 Å². The number of aromatic carboxylic acids is 1. The molecule has 0 saturated carbocycles. The minimum absolute atomic E-state index is 0.0493. The summed E-state index contributed by atoms with van der Waals surface area (Å²) in [4.78, 5) is 25.6. The molecule has 0 atom stereocenters. The van der Waals surface area contributed by atoms with Crippen molar-refractivity contribution in [3.8, 4) is 22.6 Å². The van der Waals surface area contributed by atoms with Gasteiger partial charge in [-0.15, -0.1) is 0 Å². The van der Waals surface area contributed by atoms with Gasteiger partial charge in [-0.2, -0.15) is 0 Å². The number of benzene rings is 3. The Morgan fingerprint density at radius 3 is 2.43 bits per heavy atom. The molecule has 7 nitrogen and oxygen atoms in total. The zero-order valence-corrected chi connectivity index (χ0v) is 16.4.